The molecule has 0 aliphatic carbocycles. The van der Waals surface area contributed by atoms with E-state index in [9.17, 15) is 9.59 Å². The number of rotatable bonds is 2. The van der Waals surface area contributed by atoms with Crippen molar-refractivity contribution in [1.82, 2.24) is 0 Å². The Kier molecular flexibility index (Phi) is 2.68. The van der Waals surface area contributed by atoms with Gasteiger partial charge in [0, 0.05) is 6.07 Å². The summed E-state index contributed by atoms with van der Waals surface area (Å²) < 4.78 is 0. The summed E-state index contributed by atoms with van der Waals surface area (Å²) in [6, 6.07) is 7.08. The van der Waals surface area contributed by atoms with Crippen molar-refractivity contribution in [2.45, 2.75) is 0 Å². The van der Waals surface area contributed by atoms with Crippen LogP contribution in [0.25, 0.3) is 0 Å². The zero-order chi connectivity index (χ0) is 8.81. The standard InChI is InChI=1S/C8H3N2O2/c11-5-9-7-1-2-8(4-3-7)10-6-12/h1-3H. The lowest BCUT2D eigenvalue weighted by molar-refractivity contribution is 0.564. The summed E-state index contributed by atoms with van der Waals surface area (Å²) in [4.78, 5) is 26.2. The molecular formula is C8H3N2O2. The second-order valence-corrected chi connectivity index (χ2v) is 1.84. The number of hydrogen-bond donors (Lipinski definition) is 0. The maximum Gasteiger partial charge on any atom is 0.240 e. The summed E-state index contributed by atoms with van der Waals surface area (Å²) in [6.45, 7) is 0. The van der Waals surface area contributed by atoms with Crippen molar-refractivity contribution in [3.05, 3.63) is 24.3 Å². The third kappa shape index (κ3) is 1.99. The van der Waals surface area contributed by atoms with Gasteiger partial charge in [-0.2, -0.15) is 9.98 Å². The molecule has 1 aromatic rings. The van der Waals surface area contributed by atoms with E-state index in [4.69, 9.17) is 0 Å². The highest BCUT2D eigenvalue weighted by Gasteiger charge is 1.90. The van der Waals surface area contributed by atoms with Crippen LogP contribution in [0.15, 0.2) is 28.2 Å². The Labute approximate surface area is 68.3 Å². The van der Waals surface area contributed by atoms with Crippen molar-refractivity contribution in [3.63, 3.8) is 0 Å². The SMILES string of the molecule is O=C=Nc1[c]cc(N=C=O)cc1. The van der Waals surface area contributed by atoms with E-state index in [0.29, 0.717) is 11.4 Å². The molecule has 0 unspecified atom stereocenters. The molecule has 1 rings (SSSR count). The number of carbonyl (C=O) groups excluding carboxylic acids is 2. The highest BCUT2D eigenvalue weighted by molar-refractivity contribution is 5.54. The Hall–Kier alpha value is -2.02. The third-order valence-electron chi connectivity index (χ3n) is 1.12. The van der Waals surface area contributed by atoms with Gasteiger partial charge < -0.3 is 0 Å². The molecule has 0 heterocycles. The van der Waals surface area contributed by atoms with Crippen molar-refractivity contribution in [1.29, 1.82) is 0 Å². The van der Waals surface area contributed by atoms with Crippen LogP contribution in [0.5, 0.6) is 0 Å². The molecule has 0 aromatic heterocycles. The molecule has 0 spiro atoms. The summed E-state index contributed by atoms with van der Waals surface area (Å²) in [5, 5.41) is 0. The van der Waals surface area contributed by atoms with Gasteiger partial charge in [0.15, 0.2) is 0 Å². The number of nitrogens with zero attached hydrogens (tertiary/aromatic N) is 2. The van der Waals surface area contributed by atoms with Gasteiger partial charge in [-0.1, -0.05) is 0 Å². The molecule has 1 aromatic carbocycles. The van der Waals surface area contributed by atoms with Gasteiger partial charge in [0.25, 0.3) is 0 Å². The van der Waals surface area contributed by atoms with E-state index in [0.717, 1.165) is 0 Å². The zero-order valence-electron chi connectivity index (χ0n) is 5.94. The fourth-order valence-corrected chi connectivity index (χ4v) is 0.649. The first-order valence-corrected chi connectivity index (χ1v) is 3.04. The molecule has 0 saturated heterocycles. The summed E-state index contributed by atoms with van der Waals surface area (Å²) >= 11 is 0. The molecule has 0 N–H and O–H groups in total. The van der Waals surface area contributed by atoms with Crippen molar-refractivity contribution in [2.24, 2.45) is 9.98 Å². The fraction of sp³-hybridized carbons (Fsp3) is 0. The van der Waals surface area contributed by atoms with Crippen molar-refractivity contribution in [3.8, 4) is 0 Å². The zero-order valence-corrected chi connectivity index (χ0v) is 5.94. The molecule has 57 valence electrons. The van der Waals surface area contributed by atoms with E-state index >= 15 is 0 Å². The normalized spacial score (nSPS) is 8.00. The fourth-order valence-electron chi connectivity index (χ4n) is 0.649. The first-order valence-electron chi connectivity index (χ1n) is 3.04. The highest BCUT2D eigenvalue weighted by Crippen LogP contribution is 2.16. The van der Waals surface area contributed by atoms with Crippen molar-refractivity contribution >= 4 is 23.5 Å². The predicted octanol–water partition coefficient (Wildman–Crippen LogP) is 1.42. The Balaban J connectivity index is 2.99. The van der Waals surface area contributed by atoms with E-state index < -0.39 is 0 Å². The molecule has 0 amide bonds. The average molecular weight is 159 g/mol. The van der Waals surface area contributed by atoms with Crippen molar-refractivity contribution < 1.29 is 9.59 Å². The largest absolute Gasteiger partial charge is 0.240 e. The number of isocyanates is 2. The van der Waals surface area contributed by atoms with Gasteiger partial charge in [-0.25, -0.2) is 9.59 Å². The monoisotopic (exact) mass is 159 g/mol. The minimum absolute atomic E-state index is 0.356. The predicted molar refractivity (Wildman–Crippen MR) is 40.8 cm³/mol. The summed E-state index contributed by atoms with van der Waals surface area (Å²) in [7, 11) is 0. The first-order chi connectivity index (χ1) is 5.86. The maximum absolute atomic E-state index is 9.79. The number of aliphatic imine (C=N–C) groups is 2. The molecule has 0 atom stereocenters. The quantitative estimate of drug-likeness (QED) is 0.484. The molecule has 12 heavy (non-hydrogen) atoms. The van der Waals surface area contributed by atoms with Crippen LogP contribution in [-0.2, 0) is 9.59 Å². The molecule has 4 nitrogen and oxygen atoms in total. The van der Waals surface area contributed by atoms with E-state index in [1.807, 2.05) is 0 Å². The van der Waals surface area contributed by atoms with Crippen LogP contribution >= 0.6 is 0 Å². The second-order valence-electron chi connectivity index (χ2n) is 1.84. The van der Waals surface area contributed by atoms with E-state index in [1.54, 1.807) is 0 Å². The molecule has 0 aliphatic heterocycles. The first kappa shape index (κ1) is 8.08. The van der Waals surface area contributed by atoms with E-state index in [2.05, 4.69) is 16.1 Å². The van der Waals surface area contributed by atoms with Gasteiger partial charge in [0.05, 0.1) is 11.4 Å². The lowest BCUT2D eigenvalue weighted by atomic mass is 10.3. The average Bonchev–Trinajstić information content (AvgIpc) is 2.09. The minimum atomic E-state index is 0.356. The topological polar surface area (TPSA) is 58.9 Å². The van der Waals surface area contributed by atoms with Gasteiger partial charge in [0.2, 0.25) is 12.2 Å². The minimum Gasteiger partial charge on any atom is -0.211 e. The van der Waals surface area contributed by atoms with Crippen LogP contribution < -0.4 is 0 Å². The van der Waals surface area contributed by atoms with Crippen LogP contribution in [0, 0.1) is 6.07 Å². The molecule has 4 heteroatoms. The lowest BCUT2D eigenvalue weighted by Gasteiger charge is -1.88. The van der Waals surface area contributed by atoms with Crippen molar-refractivity contribution in [2.75, 3.05) is 0 Å². The summed E-state index contributed by atoms with van der Waals surface area (Å²) in [5.74, 6) is 0. The third-order valence-corrected chi connectivity index (χ3v) is 1.12. The number of benzene rings is 1. The second kappa shape index (κ2) is 3.98. The Morgan fingerprint density at radius 2 is 1.92 bits per heavy atom. The van der Waals surface area contributed by atoms with Gasteiger partial charge >= 0.3 is 0 Å². The summed E-state index contributed by atoms with van der Waals surface area (Å²) in [6.07, 6.45) is 2.75. The molecule has 0 aliphatic rings. The Morgan fingerprint density at radius 1 is 1.17 bits per heavy atom. The smallest absolute Gasteiger partial charge is 0.211 e. The van der Waals surface area contributed by atoms with E-state index in [-0.39, 0.29) is 0 Å². The Bertz CT molecular complexity index is 320. The van der Waals surface area contributed by atoms with Crippen LogP contribution in [0.3, 0.4) is 0 Å². The van der Waals surface area contributed by atoms with Crippen LogP contribution in [0.1, 0.15) is 0 Å². The van der Waals surface area contributed by atoms with Gasteiger partial charge in [-0.15, -0.1) is 0 Å². The maximum atomic E-state index is 9.79. The number of hydrogen-bond acceptors (Lipinski definition) is 4. The van der Waals surface area contributed by atoms with Crippen LogP contribution in [0.2, 0.25) is 0 Å². The summed E-state index contributed by atoms with van der Waals surface area (Å²) in [5.41, 5.74) is 0.782. The van der Waals surface area contributed by atoms with Gasteiger partial charge in [0.1, 0.15) is 0 Å². The Morgan fingerprint density at radius 3 is 2.42 bits per heavy atom. The van der Waals surface area contributed by atoms with Crippen LogP contribution in [0.4, 0.5) is 11.4 Å². The van der Waals surface area contributed by atoms with Gasteiger partial charge in [-0.05, 0) is 18.2 Å². The van der Waals surface area contributed by atoms with Crippen LogP contribution in [-0.4, -0.2) is 12.2 Å². The molecule has 0 bridgehead atoms. The van der Waals surface area contributed by atoms with Gasteiger partial charge in [-0.3, -0.25) is 0 Å². The molecule has 0 saturated carbocycles. The lowest BCUT2D eigenvalue weighted by Crippen LogP contribution is -1.65. The molecule has 0 fully saturated rings. The molecule has 1 radical (unpaired) electrons. The van der Waals surface area contributed by atoms with E-state index in [1.165, 1.54) is 30.4 Å². The molecular weight excluding hydrogens is 156 g/mol. The highest BCUT2D eigenvalue weighted by atomic mass is 16.1.